The van der Waals surface area contributed by atoms with Gasteiger partial charge in [0, 0.05) is 17.9 Å². The second-order valence-electron chi connectivity index (χ2n) is 8.78. The zero-order chi connectivity index (χ0) is 24.7. The Balaban J connectivity index is 1.41. The van der Waals surface area contributed by atoms with Crippen LogP contribution in [-0.4, -0.2) is 54.2 Å². The Morgan fingerprint density at radius 3 is 2.03 bits per heavy atom. The Kier molecular flexibility index (Phi) is 7.88. The molecule has 0 aromatic heterocycles. The first kappa shape index (κ1) is 24.8. The van der Waals surface area contributed by atoms with Gasteiger partial charge in [0.25, 0.3) is 0 Å². The molecular formula is C25H29N3O6. The minimum absolute atomic E-state index is 0.0797. The molecule has 0 saturated heterocycles. The number of carboxylic acid groups (broad SMARTS) is 1. The van der Waals surface area contributed by atoms with E-state index in [-0.39, 0.29) is 38.5 Å². The summed E-state index contributed by atoms with van der Waals surface area (Å²) in [7, 11) is 0. The van der Waals surface area contributed by atoms with E-state index in [0.29, 0.717) is 0 Å². The monoisotopic (exact) mass is 467 g/mol. The number of carboxylic acids is 1. The number of fused-ring (bicyclic) bond motifs is 3. The number of alkyl carbamates (subject to hydrolysis) is 1. The van der Waals surface area contributed by atoms with Gasteiger partial charge >= 0.3 is 12.1 Å². The summed E-state index contributed by atoms with van der Waals surface area (Å²) < 4.78 is 5.37. The number of carbonyl (C=O) groups is 4. The lowest BCUT2D eigenvalue weighted by Gasteiger charge is -2.25. The molecule has 2 aromatic carbocycles. The molecule has 1 aliphatic carbocycles. The lowest BCUT2D eigenvalue weighted by atomic mass is 9.98. The first-order valence-electron chi connectivity index (χ1n) is 11.0. The van der Waals surface area contributed by atoms with Gasteiger partial charge in [-0.05, 0) is 42.5 Å². The highest BCUT2D eigenvalue weighted by Gasteiger charge is 2.29. The van der Waals surface area contributed by atoms with Crippen molar-refractivity contribution in [2.24, 2.45) is 0 Å². The standard InChI is InChI=1S/C25H29N3O6/c1-25(2,12-11-23(31)32)28-22(30)14-26-21(29)13-27-24(33)34-15-20-18-9-5-3-7-16(18)17-8-4-6-10-19(17)20/h3-10,20H,11-15H2,1-2H3,(H,26,29)(H,27,33)(H,28,30)(H,31,32). The SMILES string of the molecule is CC(C)(CCC(=O)O)NC(=O)CNC(=O)CNC(=O)OCC1c2ccccc2-c2ccccc21. The molecule has 0 heterocycles. The second kappa shape index (κ2) is 10.8. The second-order valence-corrected chi connectivity index (χ2v) is 8.78. The maximum atomic E-state index is 12.1. The summed E-state index contributed by atoms with van der Waals surface area (Å²) in [4.78, 5) is 46.8. The van der Waals surface area contributed by atoms with Crippen molar-refractivity contribution in [1.82, 2.24) is 16.0 Å². The molecule has 180 valence electrons. The molecule has 0 fully saturated rings. The van der Waals surface area contributed by atoms with Crippen LogP contribution < -0.4 is 16.0 Å². The van der Waals surface area contributed by atoms with Crippen molar-refractivity contribution in [3.8, 4) is 11.1 Å². The van der Waals surface area contributed by atoms with Gasteiger partial charge in [-0.3, -0.25) is 14.4 Å². The van der Waals surface area contributed by atoms with Gasteiger partial charge in [0.05, 0.1) is 6.54 Å². The van der Waals surface area contributed by atoms with Crippen LogP contribution in [0, 0.1) is 0 Å². The molecule has 0 atom stereocenters. The summed E-state index contributed by atoms with van der Waals surface area (Å²) in [5.74, 6) is -2.04. The number of ether oxygens (including phenoxy) is 1. The van der Waals surface area contributed by atoms with Gasteiger partial charge in [-0.1, -0.05) is 48.5 Å². The predicted molar refractivity (Wildman–Crippen MR) is 125 cm³/mol. The number of aliphatic carboxylic acids is 1. The van der Waals surface area contributed by atoms with Gasteiger partial charge in [0.2, 0.25) is 11.8 Å². The third-order valence-electron chi connectivity index (χ3n) is 5.62. The van der Waals surface area contributed by atoms with Crippen molar-refractivity contribution in [3.05, 3.63) is 59.7 Å². The number of carbonyl (C=O) groups excluding carboxylic acids is 3. The normalized spacial score (nSPS) is 12.3. The van der Waals surface area contributed by atoms with E-state index < -0.39 is 29.4 Å². The van der Waals surface area contributed by atoms with E-state index in [4.69, 9.17) is 9.84 Å². The highest BCUT2D eigenvalue weighted by molar-refractivity contribution is 5.87. The first-order valence-corrected chi connectivity index (χ1v) is 11.0. The molecule has 9 nitrogen and oxygen atoms in total. The number of amides is 3. The summed E-state index contributed by atoms with van der Waals surface area (Å²) in [5, 5.41) is 16.2. The fourth-order valence-electron chi connectivity index (χ4n) is 3.95. The van der Waals surface area contributed by atoms with Crippen LogP contribution in [0.1, 0.15) is 43.7 Å². The fourth-order valence-corrected chi connectivity index (χ4v) is 3.95. The fraction of sp³-hybridized carbons (Fsp3) is 0.360. The van der Waals surface area contributed by atoms with E-state index in [2.05, 4.69) is 16.0 Å². The van der Waals surface area contributed by atoms with Crippen molar-refractivity contribution in [2.75, 3.05) is 19.7 Å². The molecule has 0 saturated carbocycles. The Morgan fingerprint density at radius 1 is 0.882 bits per heavy atom. The van der Waals surface area contributed by atoms with Crippen LogP contribution in [0.4, 0.5) is 4.79 Å². The van der Waals surface area contributed by atoms with E-state index >= 15 is 0 Å². The lowest BCUT2D eigenvalue weighted by molar-refractivity contribution is -0.137. The first-order chi connectivity index (χ1) is 16.2. The van der Waals surface area contributed by atoms with E-state index in [1.807, 2.05) is 48.5 Å². The maximum absolute atomic E-state index is 12.1. The Labute approximate surface area is 197 Å². The van der Waals surface area contributed by atoms with E-state index in [9.17, 15) is 19.2 Å². The summed E-state index contributed by atoms with van der Waals surface area (Å²) in [6, 6.07) is 16.0. The van der Waals surface area contributed by atoms with Gasteiger partial charge < -0.3 is 25.8 Å². The molecule has 3 amide bonds. The van der Waals surface area contributed by atoms with Gasteiger partial charge in [-0.2, -0.15) is 0 Å². The largest absolute Gasteiger partial charge is 0.481 e. The van der Waals surface area contributed by atoms with Gasteiger partial charge in [-0.15, -0.1) is 0 Å². The Bertz CT molecular complexity index is 1040. The van der Waals surface area contributed by atoms with Gasteiger partial charge in [-0.25, -0.2) is 4.79 Å². The minimum Gasteiger partial charge on any atom is -0.481 e. The Morgan fingerprint density at radius 2 is 1.44 bits per heavy atom. The lowest BCUT2D eigenvalue weighted by Crippen LogP contribution is -2.49. The smallest absolute Gasteiger partial charge is 0.407 e. The van der Waals surface area contributed by atoms with Crippen molar-refractivity contribution < 1.29 is 29.0 Å². The minimum atomic E-state index is -0.949. The zero-order valence-electron chi connectivity index (χ0n) is 19.2. The van der Waals surface area contributed by atoms with Crippen molar-refractivity contribution in [3.63, 3.8) is 0 Å². The van der Waals surface area contributed by atoms with Crippen LogP contribution >= 0.6 is 0 Å². The van der Waals surface area contributed by atoms with Gasteiger partial charge in [0.1, 0.15) is 13.2 Å². The molecule has 1 aliphatic rings. The van der Waals surface area contributed by atoms with Crippen molar-refractivity contribution in [1.29, 1.82) is 0 Å². The van der Waals surface area contributed by atoms with Crippen molar-refractivity contribution in [2.45, 2.75) is 38.1 Å². The molecule has 9 heteroatoms. The predicted octanol–water partition coefficient (Wildman–Crippen LogP) is 2.40. The molecule has 0 radical (unpaired) electrons. The molecule has 3 rings (SSSR count). The average molecular weight is 468 g/mol. The molecule has 0 bridgehead atoms. The van der Waals surface area contributed by atoms with Crippen molar-refractivity contribution >= 4 is 23.9 Å². The van der Waals surface area contributed by atoms with Crippen LogP contribution in [0.3, 0.4) is 0 Å². The quantitative estimate of drug-likeness (QED) is 0.424. The van der Waals surface area contributed by atoms with Crippen LogP contribution in [0.25, 0.3) is 11.1 Å². The average Bonchev–Trinajstić information content (AvgIpc) is 3.12. The number of rotatable bonds is 10. The molecule has 0 aliphatic heterocycles. The summed E-state index contributed by atoms with van der Waals surface area (Å²) in [6.07, 6.45) is -0.550. The van der Waals surface area contributed by atoms with Crippen LogP contribution in [0.5, 0.6) is 0 Å². The molecular weight excluding hydrogens is 438 g/mol. The van der Waals surface area contributed by atoms with E-state index in [1.54, 1.807) is 13.8 Å². The third kappa shape index (κ3) is 6.57. The van der Waals surface area contributed by atoms with Crippen LogP contribution in [-0.2, 0) is 19.1 Å². The number of hydrogen-bond donors (Lipinski definition) is 4. The number of nitrogens with one attached hydrogen (secondary N) is 3. The topological polar surface area (TPSA) is 134 Å². The molecule has 34 heavy (non-hydrogen) atoms. The summed E-state index contributed by atoms with van der Waals surface area (Å²) >= 11 is 0. The molecule has 2 aromatic rings. The maximum Gasteiger partial charge on any atom is 0.407 e. The van der Waals surface area contributed by atoms with E-state index in [0.717, 1.165) is 22.3 Å². The zero-order valence-corrected chi connectivity index (χ0v) is 19.2. The Hall–Kier alpha value is -3.88. The third-order valence-corrected chi connectivity index (χ3v) is 5.62. The summed E-state index contributed by atoms with van der Waals surface area (Å²) in [5.41, 5.74) is 3.70. The van der Waals surface area contributed by atoms with E-state index in [1.165, 1.54) is 0 Å². The van der Waals surface area contributed by atoms with Crippen LogP contribution in [0.2, 0.25) is 0 Å². The number of hydrogen-bond acceptors (Lipinski definition) is 5. The number of benzene rings is 2. The highest BCUT2D eigenvalue weighted by Crippen LogP contribution is 2.44. The van der Waals surface area contributed by atoms with Crippen LogP contribution in [0.15, 0.2) is 48.5 Å². The van der Waals surface area contributed by atoms with Gasteiger partial charge in [0.15, 0.2) is 0 Å². The highest BCUT2D eigenvalue weighted by atomic mass is 16.5. The summed E-state index contributed by atoms with van der Waals surface area (Å²) in [6.45, 7) is 2.91. The molecule has 0 spiro atoms. The molecule has 0 unspecified atom stereocenters. The molecule has 4 N–H and O–H groups in total.